The maximum absolute atomic E-state index is 12.0. The van der Waals surface area contributed by atoms with Gasteiger partial charge < -0.3 is 19.8 Å². The van der Waals surface area contributed by atoms with Gasteiger partial charge in [0.1, 0.15) is 5.69 Å². The van der Waals surface area contributed by atoms with Crippen molar-refractivity contribution in [2.45, 2.75) is 32.4 Å². The lowest BCUT2D eigenvalue weighted by Gasteiger charge is -2.31. The van der Waals surface area contributed by atoms with Crippen LogP contribution in [0, 0.1) is 0 Å². The third-order valence-electron chi connectivity index (χ3n) is 3.15. The Bertz CT molecular complexity index is 452. The van der Waals surface area contributed by atoms with Gasteiger partial charge in [0.2, 0.25) is 0 Å². The standard InChI is InChI=1S/C14H21N3O3/c1-10(2)3-6-20-13-4-5-19-8-12(13)17-14(18)11-7-15-9-16-11/h3,7,9,12-13H,4-6,8H2,1-2H3,(H,15,16)(H,17,18)/t12-,13+/m0/s1. The summed E-state index contributed by atoms with van der Waals surface area (Å²) in [6.07, 6.45) is 5.77. The maximum atomic E-state index is 12.0. The number of carbonyl (C=O) groups is 1. The highest BCUT2D eigenvalue weighted by molar-refractivity contribution is 5.92. The fraction of sp³-hybridized carbons (Fsp3) is 0.571. The predicted octanol–water partition coefficient (Wildman–Crippen LogP) is 1.28. The molecular weight excluding hydrogens is 258 g/mol. The van der Waals surface area contributed by atoms with Crippen LogP contribution in [0.1, 0.15) is 30.8 Å². The fourth-order valence-electron chi connectivity index (χ4n) is 2.02. The summed E-state index contributed by atoms with van der Waals surface area (Å²) >= 11 is 0. The second-order valence-corrected chi connectivity index (χ2v) is 5.06. The molecule has 1 aliphatic rings. The number of amides is 1. The third kappa shape index (κ3) is 4.18. The smallest absolute Gasteiger partial charge is 0.269 e. The summed E-state index contributed by atoms with van der Waals surface area (Å²) in [5, 5.41) is 2.93. The summed E-state index contributed by atoms with van der Waals surface area (Å²) < 4.78 is 11.2. The molecule has 2 rings (SSSR count). The summed E-state index contributed by atoms with van der Waals surface area (Å²) in [7, 11) is 0. The van der Waals surface area contributed by atoms with Gasteiger partial charge in [-0.05, 0) is 20.3 Å². The number of carbonyl (C=O) groups excluding carboxylic acids is 1. The predicted molar refractivity (Wildman–Crippen MR) is 74.4 cm³/mol. The Balaban J connectivity index is 1.89. The lowest BCUT2D eigenvalue weighted by Crippen LogP contribution is -2.50. The number of rotatable bonds is 5. The number of ether oxygens (including phenoxy) is 2. The van der Waals surface area contributed by atoms with Gasteiger partial charge in [0.25, 0.3) is 5.91 Å². The largest absolute Gasteiger partial charge is 0.379 e. The summed E-state index contributed by atoms with van der Waals surface area (Å²) in [5.74, 6) is -0.186. The van der Waals surface area contributed by atoms with E-state index in [0.717, 1.165) is 6.42 Å². The maximum Gasteiger partial charge on any atom is 0.269 e. The van der Waals surface area contributed by atoms with Crippen molar-refractivity contribution in [2.24, 2.45) is 0 Å². The first-order valence-electron chi connectivity index (χ1n) is 6.79. The molecule has 0 radical (unpaired) electrons. The first kappa shape index (κ1) is 14.7. The van der Waals surface area contributed by atoms with Gasteiger partial charge >= 0.3 is 0 Å². The van der Waals surface area contributed by atoms with Gasteiger partial charge in [-0.1, -0.05) is 11.6 Å². The van der Waals surface area contributed by atoms with Crippen LogP contribution in [0.4, 0.5) is 0 Å². The number of hydrogen-bond donors (Lipinski definition) is 2. The van der Waals surface area contributed by atoms with Crippen LogP contribution in [-0.2, 0) is 9.47 Å². The third-order valence-corrected chi connectivity index (χ3v) is 3.15. The molecule has 0 unspecified atom stereocenters. The molecule has 1 fully saturated rings. The molecular formula is C14H21N3O3. The first-order valence-corrected chi connectivity index (χ1v) is 6.79. The van der Waals surface area contributed by atoms with Crippen LogP contribution in [0.2, 0.25) is 0 Å². The summed E-state index contributed by atoms with van der Waals surface area (Å²) in [6, 6.07) is -0.134. The molecule has 110 valence electrons. The molecule has 0 saturated carbocycles. The van der Waals surface area contributed by atoms with Gasteiger partial charge in [0.15, 0.2) is 0 Å². The van der Waals surface area contributed by atoms with E-state index < -0.39 is 0 Å². The van der Waals surface area contributed by atoms with Crippen molar-refractivity contribution in [2.75, 3.05) is 19.8 Å². The Morgan fingerprint density at radius 1 is 1.65 bits per heavy atom. The molecule has 1 aromatic heterocycles. The Morgan fingerprint density at radius 3 is 3.20 bits per heavy atom. The molecule has 6 nitrogen and oxygen atoms in total. The van der Waals surface area contributed by atoms with Gasteiger partial charge in [-0.2, -0.15) is 0 Å². The summed E-state index contributed by atoms with van der Waals surface area (Å²) in [4.78, 5) is 18.6. The number of nitrogens with one attached hydrogen (secondary N) is 2. The van der Waals surface area contributed by atoms with E-state index in [0.29, 0.717) is 25.5 Å². The molecule has 1 aliphatic heterocycles. The lowest BCUT2D eigenvalue weighted by molar-refractivity contribution is -0.0457. The first-order chi connectivity index (χ1) is 9.66. The highest BCUT2D eigenvalue weighted by atomic mass is 16.5. The van der Waals surface area contributed by atoms with Crippen LogP contribution in [-0.4, -0.2) is 47.8 Å². The van der Waals surface area contributed by atoms with Crippen LogP contribution >= 0.6 is 0 Å². The average Bonchev–Trinajstić information content (AvgIpc) is 2.94. The van der Waals surface area contributed by atoms with Crippen LogP contribution in [0.3, 0.4) is 0 Å². The number of allylic oxidation sites excluding steroid dienone is 1. The minimum atomic E-state index is -0.186. The number of aromatic amines is 1. The van der Waals surface area contributed by atoms with Crippen molar-refractivity contribution < 1.29 is 14.3 Å². The van der Waals surface area contributed by atoms with E-state index in [-0.39, 0.29) is 18.1 Å². The molecule has 1 saturated heterocycles. The van der Waals surface area contributed by atoms with E-state index in [4.69, 9.17) is 9.47 Å². The minimum absolute atomic E-state index is 0.0220. The van der Waals surface area contributed by atoms with E-state index in [2.05, 4.69) is 15.3 Å². The number of hydrogen-bond acceptors (Lipinski definition) is 4. The Labute approximate surface area is 118 Å². The topological polar surface area (TPSA) is 76.2 Å². The molecule has 6 heteroatoms. The average molecular weight is 279 g/mol. The van der Waals surface area contributed by atoms with Crippen molar-refractivity contribution in [3.05, 3.63) is 29.9 Å². The number of nitrogens with zero attached hydrogens (tertiary/aromatic N) is 1. The zero-order valence-electron chi connectivity index (χ0n) is 11.9. The van der Waals surface area contributed by atoms with Crippen LogP contribution < -0.4 is 5.32 Å². The van der Waals surface area contributed by atoms with Crippen LogP contribution in [0.25, 0.3) is 0 Å². The summed E-state index contributed by atoms with van der Waals surface area (Å²) in [6.45, 7) is 5.76. The number of aromatic nitrogens is 2. The van der Waals surface area contributed by atoms with Gasteiger partial charge in [-0.3, -0.25) is 4.79 Å². The highest BCUT2D eigenvalue weighted by Crippen LogP contribution is 2.13. The zero-order chi connectivity index (χ0) is 14.4. The SMILES string of the molecule is CC(C)=CCO[C@@H]1CCOC[C@@H]1NC(=O)c1cnc[nH]1. The van der Waals surface area contributed by atoms with Crippen LogP contribution in [0.5, 0.6) is 0 Å². The number of imidazole rings is 1. The normalized spacial score (nSPS) is 22.3. The second kappa shape index (κ2) is 7.21. The van der Waals surface area contributed by atoms with Crippen molar-refractivity contribution in [1.82, 2.24) is 15.3 Å². The molecule has 1 amide bonds. The Hall–Kier alpha value is -1.66. The van der Waals surface area contributed by atoms with Crippen molar-refractivity contribution >= 4 is 5.91 Å². The lowest BCUT2D eigenvalue weighted by atomic mass is 10.1. The molecule has 2 heterocycles. The van der Waals surface area contributed by atoms with Gasteiger partial charge in [0.05, 0.1) is 37.9 Å². The fourth-order valence-corrected chi connectivity index (χ4v) is 2.02. The monoisotopic (exact) mass is 279 g/mol. The molecule has 0 aromatic carbocycles. The molecule has 0 bridgehead atoms. The van der Waals surface area contributed by atoms with Crippen molar-refractivity contribution in [3.8, 4) is 0 Å². The molecule has 0 spiro atoms. The van der Waals surface area contributed by atoms with E-state index in [1.54, 1.807) is 0 Å². The van der Waals surface area contributed by atoms with E-state index in [1.807, 2.05) is 19.9 Å². The second-order valence-electron chi connectivity index (χ2n) is 5.06. The quantitative estimate of drug-likeness (QED) is 0.796. The Morgan fingerprint density at radius 2 is 2.50 bits per heavy atom. The van der Waals surface area contributed by atoms with Gasteiger partial charge in [-0.25, -0.2) is 4.98 Å². The molecule has 0 aliphatic carbocycles. The molecule has 2 atom stereocenters. The zero-order valence-corrected chi connectivity index (χ0v) is 11.9. The van der Waals surface area contributed by atoms with E-state index in [9.17, 15) is 4.79 Å². The van der Waals surface area contributed by atoms with Gasteiger partial charge in [-0.15, -0.1) is 0 Å². The van der Waals surface area contributed by atoms with Gasteiger partial charge in [0, 0.05) is 6.61 Å². The van der Waals surface area contributed by atoms with Crippen molar-refractivity contribution in [1.29, 1.82) is 0 Å². The summed E-state index contributed by atoms with van der Waals surface area (Å²) in [5.41, 5.74) is 1.66. The molecule has 1 aromatic rings. The van der Waals surface area contributed by atoms with E-state index >= 15 is 0 Å². The molecule has 20 heavy (non-hydrogen) atoms. The minimum Gasteiger partial charge on any atom is -0.379 e. The molecule has 2 N–H and O–H groups in total. The highest BCUT2D eigenvalue weighted by Gasteiger charge is 2.28. The Kier molecular flexibility index (Phi) is 5.31. The van der Waals surface area contributed by atoms with Crippen LogP contribution in [0.15, 0.2) is 24.2 Å². The van der Waals surface area contributed by atoms with Crippen molar-refractivity contribution in [3.63, 3.8) is 0 Å². The van der Waals surface area contributed by atoms with E-state index in [1.165, 1.54) is 18.1 Å². The number of H-pyrrole nitrogens is 1.